The molecule has 6 saturated carbocycles. The standard InChI is InChI=1S/6C7H12O2.Mo/c6*8-7(9)5-6-3-1-2-4-6;/h6*6H,1-5H2,(H,8,9);/q;;;;;;+6/p-6. The quantitative estimate of drug-likeness (QED) is 0.256. The Kier molecular flexibility index (Phi) is 31.1. The van der Waals surface area contributed by atoms with Gasteiger partial charge in [-0.1, -0.05) is 154 Å². The minimum absolute atomic E-state index is 0. The maximum absolute atomic E-state index is 10.0. The zero-order chi connectivity index (χ0) is 40.1. The Morgan fingerprint density at radius 1 is 0.255 bits per heavy atom. The minimum atomic E-state index is -0.887. The first-order valence-electron chi connectivity index (χ1n) is 20.9. The van der Waals surface area contributed by atoms with E-state index in [9.17, 15) is 59.4 Å². The Labute approximate surface area is 343 Å². The van der Waals surface area contributed by atoms with E-state index >= 15 is 0 Å². The van der Waals surface area contributed by atoms with Crippen LogP contribution in [0.25, 0.3) is 0 Å². The van der Waals surface area contributed by atoms with Crippen LogP contribution in [0.15, 0.2) is 0 Å². The van der Waals surface area contributed by atoms with Crippen molar-refractivity contribution in [1.82, 2.24) is 0 Å². The largest absolute Gasteiger partial charge is 6.00 e. The summed E-state index contributed by atoms with van der Waals surface area (Å²) in [6, 6.07) is 0. The van der Waals surface area contributed by atoms with Crippen LogP contribution in [0.4, 0.5) is 0 Å². The number of hydrogen-bond acceptors (Lipinski definition) is 12. The number of carboxylic acids is 6. The smallest absolute Gasteiger partial charge is 0.550 e. The summed E-state index contributed by atoms with van der Waals surface area (Å²) in [5.74, 6) is -2.77. The molecule has 0 saturated heterocycles. The van der Waals surface area contributed by atoms with Gasteiger partial charge in [0.05, 0.1) is 0 Å². The third-order valence-corrected chi connectivity index (χ3v) is 11.6. The molecule has 6 fully saturated rings. The van der Waals surface area contributed by atoms with Gasteiger partial charge < -0.3 is 59.4 Å². The van der Waals surface area contributed by atoms with Gasteiger partial charge in [-0.25, -0.2) is 0 Å². The fraction of sp³-hybridized carbons (Fsp3) is 0.857. The summed E-state index contributed by atoms with van der Waals surface area (Å²) in [5.41, 5.74) is 0. The average molecular weight is 859 g/mol. The Balaban J connectivity index is 0.000000634. The van der Waals surface area contributed by atoms with Gasteiger partial charge in [-0.3, -0.25) is 0 Å². The van der Waals surface area contributed by atoms with Crippen molar-refractivity contribution >= 4 is 35.8 Å². The third-order valence-electron chi connectivity index (χ3n) is 11.6. The van der Waals surface area contributed by atoms with E-state index < -0.39 is 35.8 Å². The third kappa shape index (κ3) is 31.3. The van der Waals surface area contributed by atoms with Gasteiger partial charge in [0, 0.05) is 35.8 Å². The molecular formula is C42H66MoO12. The van der Waals surface area contributed by atoms with Crippen LogP contribution in [0.2, 0.25) is 0 Å². The first-order chi connectivity index (χ1) is 25.7. The molecule has 0 aromatic rings. The zero-order valence-electron chi connectivity index (χ0n) is 33.0. The van der Waals surface area contributed by atoms with Crippen molar-refractivity contribution in [1.29, 1.82) is 0 Å². The molecule has 6 aliphatic carbocycles. The van der Waals surface area contributed by atoms with Crippen LogP contribution in [-0.4, -0.2) is 35.8 Å². The van der Waals surface area contributed by atoms with Crippen molar-refractivity contribution in [2.75, 3.05) is 0 Å². The van der Waals surface area contributed by atoms with E-state index in [0.717, 1.165) is 77.0 Å². The molecule has 0 spiro atoms. The molecule has 6 aliphatic rings. The summed E-state index contributed by atoms with van der Waals surface area (Å²) in [7, 11) is 0. The van der Waals surface area contributed by atoms with Gasteiger partial charge in [-0.15, -0.1) is 0 Å². The zero-order valence-corrected chi connectivity index (χ0v) is 35.0. The molecule has 0 bridgehead atoms. The van der Waals surface area contributed by atoms with Crippen LogP contribution in [0.3, 0.4) is 0 Å². The fourth-order valence-corrected chi connectivity index (χ4v) is 8.70. The Hall–Kier alpha value is -2.49. The normalized spacial score (nSPS) is 20.1. The van der Waals surface area contributed by atoms with E-state index in [1.807, 2.05) is 0 Å². The number of aliphatic carboxylic acids is 6. The molecule has 55 heavy (non-hydrogen) atoms. The summed E-state index contributed by atoms with van der Waals surface area (Å²) < 4.78 is 0. The van der Waals surface area contributed by atoms with Crippen LogP contribution in [0.1, 0.15) is 193 Å². The minimum Gasteiger partial charge on any atom is -0.550 e. The molecule has 0 amide bonds. The predicted octanol–water partition coefficient (Wildman–Crippen LogP) is 1.90. The monoisotopic (exact) mass is 860 g/mol. The molecule has 0 N–H and O–H groups in total. The van der Waals surface area contributed by atoms with E-state index in [4.69, 9.17) is 0 Å². The van der Waals surface area contributed by atoms with Gasteiger partial charge in [0.1, 0.15) is 0 Å². The van der Waals surface area contributed by atoms with Crippen molar-refractivity contribution < 1.29 is 80.5 Å². The van der Waals surface area contributed by atoms with Gasteiger partial charge in [-0.2, -0.15) is 0 Å². The van der Waals surface area contributed by atoms with Crippen molar-refractivity contribution in [2.45, 2.75) is 193 Å². The average Bonchev–Trinajstić information content (AvgIpc) is 3.90. The van der Waals surface area contributed by atoms with Crippen LogP contribution in [-0.2, 0) is 49.8 Å². The molecule has 0 atom stereocenters. The van der Waals surface area contributed by atoms with Crippen LogP contribution in [0.5, 0.6) is 0 Å². The first kappa shape index (κ1) is 52.5. The fourth-order valence-electron chi connectivity index (χ4n) is 8.70. The molecule has 0 aliphatic heterocycles. The van der Waals surface area contributed by atoms with Crippen molar-refractivity contribution in [3.05, 3.63) is 0 Å². The molecule has 13 heteroatoms. The summed E-state index contributed by atoms with van der Waals surface area (Å²) in [5, 5.41) is 60.3. The van der Waals surface area contributed by atoms with Crippen molar-refractivity contribution in [3.63, 3.8) is 0 Å². The number of carboxylic acid groups (broad SMARTS) is 6. The van der Waals surface area contributed by atoms with Gasteiger partial charge in [0.2, 0.25) is 0 Å². The van der Waals surface area contributed by atoms with E-state index in [-0.39, 0.29) is 59.6 Å². The SMILES string of the molecule is O=C([O-])CC1CCCC1.O=C([O-])CC1CCCC1.O=C([O-])CC1CCCC1.O=C([O-])CC1CCCC1.O=C([O-])CC1CCCC1.O=C([O-])CC1CCCC1.[Mo+6]. The molecule has 312 valence electrons. The number of hydrogen-bond donors (Lipinski definition) is 0. The summed E-state index contributed by atoms with van der Waals surface area (Å²) in [4.78, 5) is 60.3. The summed E-state index contributed by atoms with van der Waals surface area (Å²) in [6.07, 6.45) is 29.2. The molecule has 0 radical (unpaired) electrons. The Bertz CT molecular complexity index is 845. The molecule has 0 heterocycles. The Morgan fingerprint density at radius 2 is 0.345 bits per heavy atom. The maximum Gasteiger partial charge on any atom is 6.00 e. The predicted molar refractivity (Wildman–Crippen MR) is 189 cm³/mol. The van der Waals surface area contributed by atoms with Crippen LogP contribution < -0.4 is 30.6 Å². The maximum atomic E-state index is 10.0. The molecule has 0 aromatic carbocycles. The molecule has 0 aromatic heterocycles. The second-order valence-corrected chi connectivity index (χ2v) is 16.4. The first-order valence-corrected chi connectivity index (χ1v) is 20.9. The second kappa shape index (κ2) is 32.6. The van der Waals surface area contributed by atoms with Gasteiger partial charge in [0.25, 0.3) is 0 Å². The number of carbonyl (C=O) groups is 6. The van der Waals surface area contributed by atoms with E-state index in [2.05, 4.69) is 0 Å². The van der Waals surface area contributed by atoms with Crippen molar-refractivity contribution in [2.24, 2.45) is 35.5 Å². The molecule has 0 unspecified atom stereocenters. The van der Waals surface area contributed by atoms with E-state index in [1.54, 1.807) is 0 Å². The van der Waals surface area contributed by atoms with Crippen LogP contribution in [0, 0.1) is 35.5 Å². The van der Waals surface area contributed by atoms with Crippen LogP contribution >= 0.6 is 0 Å². The van der Waals surface area contributed by atoms with Crippen molar-refractivity contribution in [3.8, 4) is 0 Å². The van der Waals surface area contributed by atoms with Gasteiger partial charge in [-0.05, 0) is 74.0 Å². The summed E-state index contributed by atoms with van der Waals surface area (Å²) in [6.45, 7) is 0. The number of carbonyl (C=O) groups excluding carboxylic acids is 6. The van der Waals surface area contributed by atoms with Gasteiger partial charge >= 0.3 is 21.1 Å². The molecule has 12 nitrogen and oxygen atoms in total. The van der Waals surface area contributed by atoms with E-state index in [0.29, 0.717) is 35.5 Å². The molecule has 6 rings (SSSR count). The second-order valence-electron chi connectivity index (χ2n) is 16.4. The summed E-state index contributed by atoms with van der Waals surface area (Å²) >= 11 is 0. The number of rotatable bonds is 12. The van der Waals surface area contributed by atoms with Gasteiger partial charge in [0.15, 0.2) is 0 Å². The topological polar surface area (TPSA) is 241 Å². The molecular weight excluding hydrogens is 792 g/mol. The van der Waals surface area contributed by atoms with E-state index in [1.165, 1.54) is 77.0 Å². The Morgan fingerprint density at radius 3 is 0.418 bits per heavy atom.